The second-order valence-corrected chi connectivity index (χ2v) is 5.23. The van der Waals surface area contributed by atoms with E-state index >= 15 is 0 Å². The van der Waals surface area contributed by atoms with Crippen LogP contribution < -0.4 is 0 Å². The fourth-order valence-corrected chi connectivity index (χ4v) is 3.10. The Morgan fingerprint density at radius 2 is 2.06 bits per heavy atom. The lowest BCUT2D eigenvalue weighted by Crippen LogP contribution is -2.02. The molecule has 2 rings (SSSR count). The van der Waals surface area contributed by atoms with Gasteiger partial charge in [0, 0.05) is 21.0 Å². The SMILES string of the molecule is OC(c1cscc1Br)c1cccc(Cl)c1F. The molecule has 0 radical (unpaired) electrons. The molecule has 1 aromatic heterocycles. The van der Waals surface area contributed by atoms with Crippen LogP contribution in [0, 0.1) is 5.82 Å². The van der Waals surface area contributed by atoms with E-state index in [1.807, 2.05) is 5.38 Å². The van der Waals surface area contributed by atoms with E-state index in [9.17, 15) is 9.50 Å². The highest BCUT2D eigenvalue weighted by Gasteiger charge is 2.19. The molecule has 1 N–H and O–H groups in total. The summed E-state index contributed by atoms with van der Waals surface area (Å²) in [5, 5.41) is 13.7. The number of thiophene rings is 1. The summed E-state index contributed by atoms with van der Waals surface area (Å²) >= 11 is 10.4. The fourth-order valence-electron chi connectivity index (χ4n) is 1.39. The summed E-state index contributed by atoms with van der Waals surface area (Å²) in [4.78, 5) is 0. The lowest BCUT2D eigenvalue weighted by atomic mass is 10.0. The van der Waals surface area contributed by atoms with Gasteiger partial charge in [-0.2, -0.15) is 11.3 Å². The number of hydrogen-bond acceptors (Lipinski definition) is 2. The van der Waals surface area contributed by atoms with E-state index in [0.29, 0.717) is 5.56 Å². The van der Waals surface area contributed by atoms with Crippen molar-refractivity contribution in [2.24, 2.45) is 0 Å². The number of aliphatic hydroxyl groups is 1. The second-order valence-electron chi connectivity index (χ2n) is 3.22. The van der Waals surface area contributed by atoms with Crippen molar-refractivity contribution in [2.75, 3.05) is 0 Å². The first-order chi connectivity index (χ1) is 7.61. The van der Waals surface area contributed by atoms with Crippen molar-refractivity contribution in [1.29, 1.82) is 0 Å². The molecule has 1 unspecified atom stereocenters. The summed E-state index contributed by atoms with van der Waals surface area (Å²) in [6.07, 6.45) is -1.00. The summed E-state index contributed by atoms with van der Waals surface area (Å²) < 4.78 is 14.4. The van der Waals surface area contributed by atoms with Gasteiger partial charge < -0.3 is 5.11 Å². The molecule has 1 heterocycles. The van der Waals surface area contributed by atoms with Gasteiger partial charge in [-0.1, -0.05) is 23.7 Å². The van der Waals surface area contributed by atoms with E-state index in [0.717, 1.165) is 4.47 Å². The maximum absolute atomic E-state index is 13.7. The van der Waals surface area contributed by atoms with Gasteiger partial charge in [0.2, 0.25) is 0 Å². The van der Waals surface area contributed by atoms with Gasteiger partial charge in [-0.15, -0.1) is 0 Å². The normalized spacial score (nSPS) is 12.8. The molecule has 1 atom stereocenters. The van der Waals surface area contributed by atoms with Crippen LogP contribution in [0.5, 0.6) is 0 Å². The predicted molar refractivity (Wildman–Crippen MR) is 67.5 cm³/mol. The Kier molecular flexibility index (Phi) is 3.64. The smallest absolute Gasteiger partial charge is 0.147 e. The minimum atomic E-state index is -1.00. The first kappa shape index (κ1) is 12.0. The topological polar surface area (TPSA) is 20.2 Å². The third kappa shape index (κ3) is 2.15. The van der Waals surface area contributed by atoms with Crippen LogP contribution in [0.4, 0.5) is 4.39 Å². The van der Waals surface area contributed by atoms with E-state index in [4.69, 9.17) is 11.6 Å². The van der Waals surface area contributed by atoms with Crippen LogP contribution in [0.2, 0.25) is 5.02 Å². The monoisotopic (exact) mass is 320 g/mol. The number of rotatable bonds is 2. The molecule has 0 aliphatic rings. The molecule has 16 heavy (non-hydrogen) atoms. The molecule has 0 saturated heterocycles. The summed E-state index contributed by atoms with van der Waals surface area (Å²) in [5.41, 5.74) is 0.831. The number of aliphatic hydroxyl groups excluding tert-OH is 1. The van der Waals surface area contributed by atoms with E-state index in [2.05, 4.69) is 15.9 Å². The molecule has 84 valence electrons. The van der Waals surface area contributed by atoms with E-state index in [1.54, 1.807) is 11.4 Å². The molecule has 1 nitrogen and oxygen atoms in total. The average molecular weight is 322 g/mol. The van der Waals surface area contributed by atoms with Crippen LogP contribution in [-0.2, 0) is 0 Å². The molecule has 5 heteroatoms. The van der Waals surface area contributed by atoms with Crippen molar-refractivity contribution in [3.63, 3.8) is 0 Å². The molecule has 0 fully saturated rings. The van der Waals surface area contributed by atoms with Crippen LogP contribution in [0.3, 0.4) is 0 Å². The highest BCUT2D eigenvalue weighted by atomic mass is 79.9. The molecule has 1 aromatic carbocycles. The van der Waals surface area contributed by atoms with Gasteiger partial charge in [0.05, 0.1) is 5.02 Å². The zero-order chi connectivity index (χ0) is 11.7. The predicted octanol–water partition coefficient (Wildman–Crippen LogP) is 4.38. The van der Waals surface area contributed by atoms with Crippen molar-refractivity contribution in [3.05, 3.63) is 55.4 Å². The lowest BCUT2D eigenvalue weighted by molar-refractivity contribution is 0.215. The molecule has 0 spiro atoms. The van der Waals surface area contributed by atoms with Crippen molar-refractivity contribution in [1.82, 2.24) is 0 Å². The minimum Gasteiger partial charge on any atom is -0.383 e. The van der Waals surface area contributed by atoms with Gasteiger partial charge >= 0.3 is 0 Å². The van der Waals surface area contributed by atoms with Gasteiger partial charge in [-0.3, -0.25) is 0 Å². The fraction of sp³-hybridized carbons (Fsp3) is 0.0909. The number of halogens is 3. The van der Waals surface area contributed by atoms with Crippen LogP contribution in [0.15, 0.2) is 33.4 Å². The van der Waals surface area contributed by atoms with Gasteiger partial charge in [0.1, 0.15) is 11.9 Å². The van der Waals surface area contributed by atoms with Gasteiger partial charge in [0.25, 0.3) is 0 Å². The standard InChI is InChI=1S/C11H7BrClFOS/c12-8-5-16-4-7(8)11(15)6-2-1-3-9(13)10(6)14/h1-5,11,15H. The Bertz CT molecular complexity index is 514. The van der Waals surface area contributed by atoms with Crippen LogP contribution in [-0.4, -0.2) is 5.11 Å². The average Bonchev–Trinajstić information content (AvgIpc) is 2.68. The largest absolute Gasteiger partial charge is 0.383 e. The zero-order valence-electron chi connectivity index (χ0n) is 7.95. The van der Waals surface area contributed by atoms with Gasteiger partial charge in [-0.25, -0.2) is 4.39 Å². The second kappa shape index (κ2) is 4.84. The molecular weight excluding hydrogens is 315 g/mol. The van der Waals surface area contributed by atoms with E-state index < -0.39 is 11.9 Å². The van der Waals surface area contributed by atoms with Crippen LogP contribution in [0.25, 0.3) is 0 Å². The Morgan fingerprint density at radius 3 is 2.69 bits per heavy atom. The summed E-state index contributed by atoms with van der Waals surface area (Å²) in [5.74, 6) is -0.574. The van der Waals surface area contributed by atoms with E-state index in [-0.39, 0.29) is 10.6 Å². The molecular formula is C11H7BrClFOS. The lowest BCUT2D eigenvalue weighted by Gasteiger charge is -2.12. The van der Waals surface area contributed by atoms with Crippen molar-refractivity contribution >= 4 is 38.9 Å². The van der Waals surface area contributed by atoms with Crippen LogP contribution >= 0.6 is 38.9 Å². The maximum atomic E-state index is 13.7. The highest BCUT2D eigenvalue weighted by Crippen LogP contribution is 2.33. The quantitative estimate of drug-likeness (QED) is 0.870. The maximum Gasteiger partial charge on any atom is 0.147 e. The molecule has 0 saturated carbocycles. The Morgan fingerprint density at radius 1 is 1.31 bits per heavy atom. The third-order valence-corrected chi connectivity index (χ3v) is 4.26. The molecule has 0 aliphatic heterocycles. The summed E-state index contributed by atoms with van der Waals surface area (Å²) in [6.45, 7) is 0. The van der Waals surface area contributed by atoms with E-state index in [1.165, 1.54) is 23.5 Å². The first-order valence-corrected chi connectivity index (χ1v) is 6.56. The summed E-state index contributed by atoms with van der Waals surface area (Å²) in [6, 6.07) is 4.59. The first-order valence-electron chi connectivity index (χ1n) is 4.45. The molecule has 0 aliphatic carbocycles. The third-order valence-electron chi connectivity index (χ3n) is 2.21. The zero-order valence-corrected chi connectivity index (χ0v) is 11.1. The van der Waals surface area contributed by atoms with Crippen LogP contribution in [0.1, 0.15) is 17.2 Å². The van der Waals surface area contributed by atoms with Crippen molar-refractivity contribution < 1.29 is 9.50 Å². The van der Waals surface area contributed by atoms with Crippen molar-refractivity contribution in [3.8, 4) is 0 Å². The Hall–Kier alpha value is -0.420. The number of benzene rings is 1. The molecule has 0 amide bonds. The molecule has 0 bridgehead atoms. The van der Waals surface area contributed by atoms with Gasteiger partial charge in [-0.05, 0) is 27.4 Å². The Balaban J connectivity index is 2.46. The highest BCUT2D eigenvalue weighted by molar-refractivity contribution is 9.10. The minimum absolute atomic E-state index is 0.0166. The Labute approximate surface area is 110 Å². The van der Waals surface area contributed by atoms with Crippen molar-refractivity contribution in [2.45, 2.75) is 6.10 Å². The summed E-state index contributed by atoms with van der Waals surface area (Å²) in [7, 11) is 0. The molecule has 2 aromatic rings. The number of hydrogen-bond donors (Lipinski definition) is 1. The van der Waals surface area contributed by atoms with Gasteiger partial charge in [0.15, 0.2) is 0 Å².